The molecule has 37 heavy (non-hydrogen) atoms. The molecule has 1 aliphatic heterocycles. The molecule has 194 valence electrons. The van der Waals surface area contributed by atoms with Gasteiger partial charge < -0.3 is 0 Å². The topological polar surface area (TPSA) is 83.5 Å². The molecular weight excluding hydrogens is 548 g/mol. The van der Waals surface area contributed by atoms with Crippen LogP contribution in [0.4, 0.5) is 5.13 Å². The van der Waals surface area contributed by atoms with Gasteiger partial charge >= 0.3 is 0 Å². The summed E-state index contributed by atoms with van der Waals surface area (Å²) in [6.07, 6.45) is 2.91. The molecule has 1 amide bonds. The number of nitrogens with zero attached hydrogens (tertiary/aromatic N) is 4. The highest BCUT2D eigenvalue weighted by molar-refractivity contribution is 7.91. The number of amides is 1. The second kappa shape index (κ2) is 10.8. The third kappa shape index (κ3) is 5.44. The minimum atomic E-state index is -3.72. The van der Waals surface area contributed by atoms with Gasteiger partial charge in [-0.05, 0) is 54.7 Å². The molecule has 0 aliphatic carbocycles. The van der Waals surface area contributed by atoms with E-state index in [0.717, 1.165) is 32.8 Å². The fourth-order valence-corrected chi connectivity index (χ4v) is 8.75. The zero-order valence-corrected chi connectivity index (χ0v) is 23.7. The van der Waals surface area contributed by atoms with Crippen LogP contribution >= 0.6 is 34.3 Å². The van der Waals surface area contributed by atoms with Crippen LogP contribution in [0.15, 0.2) is 58.9 Å². The van der Waals surface area contributed by atoms with E-state index in [9.17, 15) is 13.2 Å². The zero-order valence-electron chi connectivity index (χ0n) is 20.5. The molecule has 7 nitrogen and oxygen atoms in total. The van der Waals surface area contributed by atoms with Crippen molar-refractivity contribution in [2.24, 2.45) is 5.92 Å². The van der Waals surface area contributed by atoms with E-state index in [1.54, 1.807) is 17.2 Å². The SMILES string of the molecule is CC(C)c1cccc2sc(N(Cc3ccccn3)C(=O)C3CCCN(S(=O)(=O)c4ccc(Cl)s4)C3)nc12. The van der Waals surface area contributed by atoms with Crippen LogP contribution in [-0.2, 0) is 21.4 Å². The van der Waals surface area contributed by atoms with Crippen LogP contribution in [0.5, 0.6) is 0 Å². The molecule has 0 saturated carbocycles. The zero-order chi connectivity index (χ0) is 26.2. The number of hydrogen-bond acceptors (Lipinski definition) is 7. The van der Waals surface area contributed by atoms with Crippen molar-refractivity contribution in [3.63, 3.8) is 0 Å². The summed E-state index contributed by atoms with van der Waals surface area (Å²) in [4.78, 5) is 25.1. The molecule has 4 heterocycles. The number of sulfonamides is 1. The number of carbonyl (C=O) groups excluding carboxylic acids is 1. The Morgan fingerprint density at radius 2 is 2.00 bits per heavy atom. The maximum Gasteiger partial charge on any atom is 0.252 e. The molecule has 1 fully saturated rings. The van der Waals surface area contributed by atoms with E-state index in [2.05, 4.69) is 24.9 Å². The lowest BCUT2D eigenvalue weighted by Crippen LogP contribution is -2.46. The molecule has 1 aromatic carbocycles. The Hall–Kier alpha value is -2.37. The van der Waals surface area contributed by atoms with Crippen molar-refractivity contribution in [3.8, 4) is 0 Å². The maximum absolute atomic E-state index is 14.0. The van der Waals surface area contributed by atoms with Crippen molar-refractivity contribution >= 4 is 65.6 Å². The second-order valence-electron chi connectivity index (χ2n) is 9.35. The average Bonchev–Trinajstić information content (AvgIpc) is 3.54. The lowest BCUT2D eigenvalue weighted by molar-refractivity contribution is -0.123. The molecule has 3 aromatic heterocycles. The Bertz CT molecular complexity index is 1520. The van der Waals surface area contributed by atoms with Crippen LogP contribution < -0.4 is 4.90 Å². The van der Waals surface area contributed by atoms with Gasteiger partial charge in [-0.2, -0.15) is 4.31 Å². The van der Waals surface area contributed by atoms with E-state index in [1.165, 1.54) is 21.7 Å². The first-order valence-corrected chi connectivity index (χ1v) is 15.6. The largest absolute Gasteiger partial charge is 0.282 e. The fourth-order valence-electron chi connectivity index (χ4n) is 4.58. The highest BCUT2D eigenvalue weighted by Crippen LogP contribution is 2.36. The molecule has 1 saturated heterocycles. The Morgan fingerprint density at radius 1 is 1.16 bits per heavy atom. The summed E-state index contributed by atoms with van der Waals surface area (Å²) in [6.45, 7) is 5.02. The van der Waals surface area contributed by atoms with Gasteiger partial charge in [-0.25, -0.2) is 13.4 Å². The van der Waals surface area contributed by atoms with Crippen LogP contribution in [0.25, 0.3) is 10.2 Å². The number of hydrogen-bond donors (Lipinski definition) is 0. The van der Waals surface area contributed by atoms with Gasteiger partial charge in [0.25, 0.3) is 10.0 Å². The number of anilines is 1. The molecule has 4 aromatic rings. The standard InChI is InChI=1S/C26H27ClN4O3S3/c1-17(2)20-9-5-10-21-24(20)29-26(35-21)31(16-19-8-3-4-13-28-19)25(32)18-7-6-14-30(15-18)37(33,34)23-12-11-22(27)36-23/h3-5,8-13,17-18H,6-7,14-16H2,1-2H3. The van der Waals surface area contributed by atoms with Gasteiger partial charge in [0.15, 0.2) is 5.13 Å². The normalized spacial score (nSPS) is 16.9. The first-order valence-electron chi connectivity index (χ1n) is 12.1. The van der Waals surface area contributed by atoms with Crippen molar-refractivity contribution in [2.75, 3.05) is 18.0 Å². The number of thiazole rings is 1. The Kier molecular flexibility index (Phi) is 7.65. The molecule has 0 radical (unpaired) electrons. The van der Waals surface area contributed by atoms with E-state index < -0.39 is 15.9 Å². The number of piperidine rings is 1. The van der Waals surface area contributed by atoms with Gasteiger partial charge in [0.2, 0.25) is 5.91 Å². The first-order chi connectivity index (χ1) is 17.7. The van der Waals surface area contributed by atoms with Crippen molar-refractivity contribution in [1.29, 1.82) is 0 Å². The predicted octanol–water partition coefficient (Wildman–Crippen LogP) is 6.16. The highest BCUT2D eigenvalue weighted by atomic mass is 35.5. The Balaban J connectivity index is 1.48. The van der Waals surface area contributed by atoms with Gasteiger partial charge in [0, 0.05) is 19.3 Å². The number of para-hydroxylation sites is 1. The van der Waals surface area contributed by atoms with E-state index in [0.29, 0.717) is 34.8 Å². The minimum absolute atomic E-state index is 0.123. The third-order valence-electron chi connectivity index (χ3n) is 6.48. The van der Waals surface area contributed by atoms with Gasteiger partial charge in [-0.1, -0.05) is 55.0 Å². The van der Waals surface area contributed by atoms with E-state index in [-0.39, 0.29) is 23.2 Å². The van der Waals surface area contributed by atoms with Crippen molar-refractivity contribution < 1.29 is 13.2 Å². The van der Waals surface area contributed by atoms with Crippen molar-refractivity contribution in [3.05, 3.63) is 70.3 Å². The lowest BCUT2D eigenvalue weighted by atomic mass is 9.98. The molecule has 0 spiro atoms. The minimum Gasteiger partial charge on any atom is -0.282 e. The Morgan fingerprint density at radius 3 is 2.70 bits per heavy atom. The molecule has 1 atom stereocenters. The number of fused-ring (bicyclic) bond motifs is 1. The summed E-state index contributed by atoms with van der Waals surface area (Å²) in [6, 6.07) is 14.8. The fraction of sp³-hybridized carbons (Fsp3) is 0.346. The first kappa shape index (κ1) is 26.2. The highest BCUT2D eigenvalue weighted by Gasteiger charge is 2.37. The lowest BCUT2D eigenvalue weighted by Gasteiger charge is -2.33. The number of pyridine rings is 1. The monoisotopic (exact) mass is 574 g/mol. The number of rotatable bonds is 7. The van der Waals surface area contributed by atoms with Crippen LogP contribution in [0.1, 0.15) is 43.9 Å². The smallest absolute Gasteiger partial charge is 0.252 e. The average molecular weight is 575 g/mol. The van der Waals surface area contributed by atoms with Gasteiger partial charge in [0.05, 0.1) is 32.7 Å². The van der Waals surface area contributed by atoms with E-state index in [4.69, 9.17) is 16.6 Å². The van der Waals surface area contributed by atoms with Crippen LogP contribution in [0.3, 0.4) is 0 Å². The summed E-state index contributed by atoms with van der Waals surface area (Å²) in [5, 5.41) is 0.601. The molecule has 5 rings (SSSR count). The van der Waals surface area contributed by atoms with E-state index >= 15 is 0 Å². The van der Waals surface area contributed by atoms with Crippen LogP contribution in [0.2, 0.25) is 4.34 Å². The van der Waals surface area contributed by atoms with Crippen molar-refractivity contribution in [2.45, 2.75) is 43.4 Å². The molecule has 0 bridgehead atoms. The van der Waals surface area contributed by atoms with E-state index in [1.807, 2.05) is 30.3 Å². The molecular formula is C26H27ClN4O3S3. The summed E-state index contributed by atoms with van der Waals surface area (Å²) in [7, 11) is -3.72. The second-order valence-corrected chi connectivity index (χ2v) is 14.2. The summed E-state index contributed by atoms with van der Waals surface area (Å²) < 4.78 is 29.5. The molecule has 1 aliphatic rings. The van der Waals surface area contributed by atoms with Crippen molar-refractivity contribution in [1.82, 2.24) is 14.3 Å². The summed E-state index contributed by atoms with van der Waals surface area (Å²) >= 11 is 8.51. The number of halogens is 1. The molecule has 11 heteroatoms. The number of thiophene rings is 1. The van der Waals surface area contributed by atoms with Gasteiger partial charge in [-0.3, -0.25) is 14.7 Å². The molecule has 0 N–H and O–H groups in total. The molecule has 1 unspecified atom stereocenters. The number of benzene rings is 1. The number of aromatic nitrogens is 2. The van der Waals surface area contributed by atoms with Crippen LogP contribution in [-0.4, -0.2) is 41.7 Å². The summed E-state index contributed by atoms with van der Waals surface area (Å²) in [5.41, 5.74) is 2.78. The van der Waals surface area contributed by atoms with Gasteiger partial charge in [-0.15, -0.1) is 11.3 Å². The maximum atomic E-state index is 14.0. The number of carbonyl (C=O) groups is 1. The van der Waals surface area contributed by atoms with Crippen LogP contribution in [0, 0.1) is 5.92 Å². The summed E-state index contributed by atoms with van der Waals surface area (Å²) in [5.74, 6) is -0.333. The third-order valence-corrected chi connectivity index (χ3v) is 11.1. The quantitative estimate of drug-likeness (QED) is 0.264. The Labute approximate surface area is 229 Å². The van der Waals surface area contributed by atoms with Gasteiger partial charge in [0.1, 0.15) is 4.21 Å². The predicted molar refractivity (Wildman–Crippen MR) is 150 cm³/mol.